The Balaban J connectivity index is 1.61. The van der Waals surface area contributed by atoms with Crippen molar-refractivity contribution < 1.29 is 22.3 Å². The van der Waals surface area contributed by atoms with E-state index in [0.717, 1.165) is 60.7 Å². The molecule has 3 aromatic rings. The molecule has 0 atom stereocenters. The molecule has 0 amide bonds. The van der Waals surface area contributed by atoms with Crippen LogP contribution in [0.1, 0.15) is 37.4 Å². The molecule has 204 valence electrons. The molecular weight excluding hydrogens is 496 g/mol. The summed E-state index contributed by atoms with van der Waals surface area (Å²) < 4.78 is 61.6. The molecule has 0 radical (unpaired) electrons. The quantitative estimate of drug-likeness (QED) is 0.266. The molecule has 5 nitrogen and oxygen atoms in total. The van der Waals surface area contributed by atoms with Crippen LogP contribution in [-0.4, -0.2) is 55.5 Å². The molecule has 9 heteroatoms. The van der Waals surface area contributed by atoms with E-state index >= 15 is 0 Å². The largest absolute Gasteiger partial charge is 0.495 e. The first-order chi connectivity index (χ1) is 18.2. The molecule has 2 N–H and O–H groups in total. The van der Waals surface area contributed by atoms with Crippen LogP contribution in [0.5, 0.6) is 5.75 Å². The van der Waals surface area contributed by atoms with Crippen LogP contribution in [0.25, 0.3) is 10.9 Å². The summed E-state index contributed by atoms with van der Waals surface area (Å²) in [6, 6.07) is 10.1. The number of halogens is 4. The number of fused-ring (bicyclic) bond motifs is 1. The average molecular weight is 531 g/mol. The van der Waals surface area contributed by atoms with Gasteiger partial charge in [-0.1, -0.05) is 25.3 Å². The minimum Gasteiger partial charge on any atom is -0.495 e. The monoisotopic (exact) mass is 530 g/mol. The lowest BCUT2D eigenvalue weighted by atomic mass is 10.0. The number of ether oxygens (including phenoxy) is 1. The summed E-state index contributed by atoms with van der Waals surface area (Å²) in [4.78, 5) is 2.22. The first kappa shape index (κ1) is 27.6. The van der Waals surface area contributed by atoms with Gasteiger partial charge in [0, 0.05) is 17.1 Å². The van der Waals surface area contributed by atoms with Crippen LogP contribution >= 0.6 is 0 Å². The molecule has 1 aromatic heterocycles. The Labute approximate surface area is 221 Å². The van der Waals surface area contributed by atoms with Gasteiger partial charge in [0.25, 0.3) is 0 Å². The molecule has 0 spiro atoms. The lowest BCUT2D eigenvalue weighted by Crippen LogP contribution is -2.36. The Morgan fingerprint density at radius 2 is 1.84 bits per heavy atom. The van der Waals surface area contributed by atoms with Gasteiger partial charge in [-0.3, -0.25) is 0 Å². The predicted molar refractivity (Wildman–Crippen MR) is 144 cm³/mol. The number of benzene rings is 2. The van der Waals surface area contributed by atoms with Crippen LogP contribution in [0.15, 0.2) is 36.4 Å². The summed E-state index contributed by atoms with van der Waals surface area (Å²) in [7, 11) is 3.64. The Hall–Kier alpha value is -3.38. The van der Waals surface area contributed by atoms with Crippen molar-refractivity contribution in [2.24, 2.45) is 0 Å². The van der Waals surface area contributed by atoms with Gasteiger partial charge in [0.2, 0.25) is 0 Å². The molecule has 4 rings (SSSR count). The number of nitrogens with zero attached hydrogens (tertiary/aromatic N) is 2. The SMILES string of the molecule is CCCc1ccc(NCC#Cc2cc3c(NC4CCN(C)CC4)cc(F)cc3n2CC(F)(F)F)c(OC)c1. The fraction of sp³-hybridized carbons (Fsp3) is 0.448. The number of rotatable bonds is 8. The smallest absolute Gasteiger partial charge is 0.406 e. The van der Waals surface area contributed by atoms with Crippen LogP contribution in [0.4, 0.5) is 28.9 Å². The second kappa shape index (κ2) is 12.0. The molecule has 1 aliphatic rings. The van der Waals surface area contributed by atoms with Gasteiger partial charge in [-0.05, 0) is 81.2 Å². The number of hydrogen-bond acceptors (Lipinski definition) is 4. The average Bonchev–Trinajstić information content (AvgIpc) is 3.19. The van der Waals surface area contributed by atoms with Crippen LogP contribution in [0.2, 0.25) is 0 Å². The lowest BCUT2D eigenvalue weighted by Gasteiger charge is -2.30. The third-order valence-electron chi connectivity index (χ3n) is 6.79. The van der Waals surface area contributed by atoms with E-state index in [0.29, 0.717) is 16.8 Å². The number of aromatic nitrogens is 1. The van der Waals surface area contributed by atoms with Gasteiger partial charge in [-0.15, -0.1) is 0 Å². The highest BCUT2D eigenvalue weighted by Crippen LogP contribution is 2.32. The van der Waals surface area contributed by atoms with Crippen LogP contribution in [0, 0.1) is 17.7 Å². The molecule has 1 aliphatic heterocycles. The third kappa shape index (κ3) is 6.93. The number of alkyl halides is 3. The van der Waals surface area contributed by atoms with Crippen molar-refractivity contribution in [2.75, 3.05) is 44.4 Å². The van der Waals surface area contributed by atoms with E-state index in [9.17, 15) is 17.6 Å². The Morgan fingerprint density at radius 3 is 2.53 bits per heavy atom. The lowest BCUT2D eigenvalue weighted by molar-refractivity contribution is -0.140. The van der Waals surface area contributed by atoms with E-state index in [2.05, 4.69) is 34.3 Å². The molecular formula is C29H34F4N4O. The van der Waals surface area contributed by atoms with Crippen molar-refractivity contribution in [1.29, 1.82) is 0 Å². The number of aryl methyl sites for hydroxylation is 1. The summed E-state index contributed by atoms with van der Waals surface area (Å²) in [5.41, 5.74) is 2.76. The molecule has 2 aromatic carbocycles. The fourth-order valence-corrected chi connectivity index (χ4v) is 4.87. The molecule has 0 unspecified atom stereocenters. The highest BCUT2D eigenvalue weighted by molar-refractivity contribution is 5.94. The van der Waals surface area contributed by atoms with Gasteiger partial charge in [0.1, 0.15) is 18.1 Å². The fourth-order valence-electron chi connectivity index (χ4n) is 4.87. The predicted octanol–water partition coefficient (Wildman–Crippen LogP) is 6.27. The number of hydrogen-bond donors (Lipinski definition) is 2. The summed E-state index contributed by atoms with van der Waals surface area (Å²) in [6.45, 7) is 2.86. The normalized spacial score (nSPS) is 14.8. The zero-order valence-corrected chi connectivity index (χ0v) is 22.0. The van der Waals surface area contributed by atoms with Crippen molar-refractivity contribution in [3.8, 4) is 17.6 Å². The van der Waals surface area contributed by atoms with Crippen molar-refractivity contribution >= 4 is 22.3 Å². The van der Waals surface area contributed by atoms with Crippen molar-refractivity contribution in [3.63, 3.8) is 0 Å². The van der Waals surface area contributed by atoms with Crippen molar-refractivity contribution in [1.82, 2.24) is 9.47 Å². The maximum absolute atomic E-state index is 14.6. The molecule has 0 aliphatic carbocycles. The summed E-state index contributed by atoms with van der Waals surface area (Å²) in [6.07, 6.45) is -0.776. The van der Waals surface area contributed by atoms with E-state index in [-0.39, 0.29) is 23.8 Å². The highest BCUT2D eigenvalue weighted by atomic mass is 19.4. The van der Waals surface area contributed by atoms with E-state index < -0.39 is 18.5 Å². The van der Waals surface area contributed by atoms with Gasteiger partial charge in [-0.25, -0.2) is 4.39 Å². The maximum atomic E-state index is 14.6. The molecule has 1 fully saturated rings. The maximum Gasteiger partial charge on any atom is 0.406 e. The zero-order valence-electron chi connectivity index (χ0n) is 22.0. The molecule has 2 heterocycles. The van der Waals surface area contributed by atoms with Crippen molar-refractivity contribution in [2.45, 2.75) is 51.4 Å². The Morgan fingerprint density at radius 1 is 1.08 bits per heavy atom. The number of methoxy groups -OCH3 is 1. The summed E-state index contributed by atoms with van der Waals surface area (Å²) >= 11 is 0. The minimum absolute atomic E-state index is 0.125. The molecule has 0 bridgehead atoms. The summed E-state index contributed by atoms with van der Waals surface area (Å²) in [5, 5.41) is 7.07. The molecule has 38 heavy (non-hydrogen) atoms. The van der Waals surface area contributed by atoms with E-state index in [4.69, 9.17) is 4.74 Å². The highest BCUT2D eigenvalue weighted by Gasteiger charge is 2.30. The first-order valence-corrected chi connectivity index (χ1v) is 12.9. The number of anilines is 2. The number of piperidine rings is 1. The number of likely N-dealkylation sites (tertiary alicyclic amines) is 1. The summed E-state index contributed by atoms with van der Waals surface area (Å²) in [5.74, 6) is 5.89. The second-order valence-corrected chi connectivity index (χ2v) is 9.78. The van der Waals surface area contributed by atoms with E-state index in [1.165, 1.54) is 6.07 Å². The van der Waals surface area contributed by atoms with Crippen LogP contribution < -0.4 is 15.4 Å². The van der Waals surface area contributed by atoms with E-state index in [1.54, 1.807) is 13.2 Å². The Bertz CT molecular complexity index is 1310. The van der Waals surface area contributed by atoms with Gasteiger partial charge in [0.05, 0.1) is 30.6 Å². The van der Waals surface area contributed by atoms with Crippen LogP contribution in [0.3, 0.4) is 0 Å². The van der Waals surface area contributed by atoms with E-state index in [1.807, 2.05) is 25.2 Å². The van der Waals surface area contributed by atoms with Gasteiger partial charge < -0.3 is 24.8 Å². The first-order valence-electron chi connectivity index (χ1n) is 12.9. The zero-order chi connectivity index (χ0) is 27.3. The minimum atomic E-state index is -4.48. The van der Waals surface area contributed by atoms with Gasteiger partial charge >= 0.3 is 6.18 Å². The molecule has 1 saturated heterocycles. The Kier molecular flexibility index (Phi) is 8.72. The number of nitrogens with one attached hydrogen (secondary N) is 2. The van der Waals surface area contributed by atoms with Gasteiger partial charge in [0.15, 0.2) is 0 Å². The standard InChI is InChI=1S/C29H34F4N4O/c1-4-6-20-8-9-25(28(15-20)38-3)34-12-5-7-23-18-24-26(35-22-10-13-36(2)14-11-22)16-21(30)17-27(24)37(23)19-29(31,32)33/h8-9,15-18,22,34-35H,4,6,10-14,19H2,1-3H3. The van der Waals surface area contributed by atoms with Crippen LogP contribution in [-0.2, 0) is 13.0 Å². The van der Waals surface area contributed by atoms with Crippen molar-refractivity contribution in [3.05, 3.63) is 53.5 Å². The second-order valence-electron chi connectivity index (χ2n) is 9.78. The van der Waals surface area contributed by atoms with Gasteiger partial charge in [-0.2, -0.15) is 13.2 Å². The topological polar surface area (TPSA) is 41.5 Å². The third-order valence-corrected chi connectivity index (χ3v) is 6.79. The molecule has 0 saturated carbocycles.